The molecule has 2 N–H and O–H groups in total. The molecule has 7 nitrogen and oxygen atoms in total. The van der Waals surface area contributed by atoms with Gasteiger partial charge < -0.3 is 10.6 Å². The van der Waals surface area contributed by atoms with Gasteiger partial charge in [0, 0.05) is 18.8 Å². The molecule has 3 rings (SSSR count). The van der Waals surface area contributed by atoms with Gasteiger partial charge in [0.05, 0.1) is 23.0 Å². The summed E-state index contributed by atoms with van der Waals surface area (Å²) in [5.41, 5.74) is 1.94. The number of carbonyl (C=O) groups excluding carboxylic acids is 1. The van der Waals surface area contributed by atoms with Crippen molar-refractivity contribution in [3.05, 3.63) is 52.2 Å². The summed E-state index contributed by atoms with van der Waals surface area (Å²) < 4.78 is 1.76. The molecule has 0 unspecified atom stereocenters. The molecule has 3 aromatic rings. The first-order valence-corrected chi connectivity index (χ1v) is 8.43. The summed E-state index contributed by atoms with van der Waals surface area (Å²) in [6.45, 7) is 4.98. The zero-order valence-electron chi connectivity index (χ0n) is 13.5. The molecular formula is C16H18N6OS. The molecule has 0 spiro atoms. The second-order valence-corrected chi connectivity index (χ2v) is 6.21. The van der Waals surface area contributed by atoms with E-state index in [0.29, 0.717) is 29.6 Å². The van der Waals surface area contributed by atoms with Gasteiger partial charge in [-0.3, -0.25) is 9.78 Å². The van der Waals surface area contributed by atoms with Crippen molar-refractivity contribution in [3.8, 4) is 5.82 Å². The van der Waals surface area contributed by atoms with Crippen molar-refractivity contribution in [2.75, 3.05) is 18.4 Å². The van der Waals surface area contributed by atoms with Crippen molar-refractivity contribution in [2.24, 2.45) is 0 Å². The van der Waals surface area contributed by atoms with Gasteiger partial charge in [-0.15, -0.1) is 11.3 Å². The molecule has 0 atom stereocenters. The summed E-state index contributed by atoms with van der Waals surface area (Å²) in [6.07, 6.45) is 3.32. The van der Waals surface area contributed by atoms with Crippen molar-refractivity contribution >= 4 is 23.1 Å². The molecule has 3 heterocycles. The zero-order chi connectivity index (χ0) is 16.9. The van der Waals surface area contributed by atoms with Crippen LogP contribution in [0.25, 0.3) is 5.82 Å². The Labute approximate surface area is 143 Å². The maximum atomic E-state index is 11.8. The fourth-order valence-corrected chi connectivity index (χ4v) is 2.91. The molecule has 0 saturated carbocycles. The van der Waals surface area contributed by atoms with Gasteiger partial charge in [0.15, 0.2) is 5.82 Å². The average Bonchev–Trinajstić information content (AvgIpc) is 3.21. The third-order valence-electron chi connectivity index (χ3n) is 3.31. The van der Waals surface area contributed by atoms with Gasteiger partial charge >= 0.3 is 0 Å². The van der Waals surface area contributed by atoms with Crippen LogP contribution in [0, 0.1) is 13.8 Å². The average molecular weight is 342 g/mol. The van der Waals surface area contributed by atoms with Gasteiger partial charge in [-0.25, -0.2) is 9.67 Å². The molecular weight excluding hydrogens is 324 g/mol. The Morgan fingerprint density at radius 2 is 2.17 bits per heavy atom. The second-order valence-electron chi connectivity index (χ2n) is 5.26. The number of thiophene rings is 1. The van der Waals surface area contributed by atoms with Crippen LogP contribution < -0.4 is 10.6 Å². The van der Waals surface area contributed by atoms with Crippen molar-refractivity contribution in [1.29, 1.82) is 0 Å². The molecule has 3 aromatic heterocycles. The van der Waals surface area contributed by atoms with Crippen molar-refractivity contribution < 1.29 is 4.79 Å². The van der Waals surface area contributed by atoms with E-state index < -0.39 is 0 Å². The van der Waals surface area contributed by atoms with Crippen LogP contribution in [0.4, 0.5) is 5.82 Å². The highest BCUT2D eigenvalue weighted by molar-refractivity contribution is 7.12. The van der Waals surface area contributed by atoms with Crippen molar-refractivity contribution in [1.82, 2.24) is 25.1 Å². The molecule has 0 radical (unpaired) electrons. The highest BCUT2D eigenvalue weighted by atomic mass is 32.1. The number of rotatable bonds is 6. The summed E-state index contributed by atoms with van der Waals surface area (Å²) in [6, 6.07) is 5.65. The Kier molecular flexibility index (Phi) is 4.85. The number of hydrogen-bond acceptors (Lipinski definition) is 6. The number of anilines is 1. The lowest BCUT2D eigenvalue weighted by molar-refractivity contribution is 0.0959. The lowest BCUT2D eigenvalue weighted by Crippen LogP contribution is -2.28. The molecule has 0 aliphatic heterocycles. The van der Waals surface area contributed by atoms with Gasteiger partial charge in [-0.2, -0.15) is 5.10 Å². The molecule has 0 aliphatic rings. The van der Waals surface area contributed by atoms with Crippen LogP contribution >= 0.6 is 11.3 Å². The molecule has 0 bridgehead atoms. The minimum absolute atomic E-state index is 0.0609. The maximum Gasteiger partial charge on any atom is 0.261 e. The SMILES string of the molecule is Cc1cc(C)n(-c2cncc(NCCNC(=O)c3cccs3)n2)n1. The van der Waals surface area contributed by atoms with Crippen LogP contribution in [0.15, 0.2) is 36.0 Å². The number of carbonyl (C=O) groups is 1. The summed E-state index contributed by atoms with van der Waals surface area (Å²) >= 11 is 1.42. The molecule has 1 amide bonds. The molecule has 0 aliphatic carbocycles. The van der Waals surface area contributed by atoms with Crippen molar-refractivity contribution in [3.63, 3.8) is 0 Å². The number of hydrogen-bond donors (Lipinski definition) is 2. The van der Waals surface area contributed by atoms with Crippen LogP contribution in [0.3, 0.4) is 0 Å². The van der Waals surface area contributed by atoms with Gasteiger partial charge in [-0.05, 0) is 31.4 Å². The van der Waals surface area contributed by atoms with E-state index in [1.807, 2.05) is 31.4 Å². The quantitative estimate of drug-likeness (QED) is 0.671. The monoisotopic (exact) mass is 342 g/mol. The highest BCUT2D eigenvalue weighted by Crippen LogP contribution is 2.11. The van der Waals surface area contributed by atoms with E-state index in [4.69, 9.17) is 0 Å². The molecule has 124 valence electrons. The topological polar surface area (TPSA) is 84.7 Å². The van der Waals surface area contributed by atoms with Crippen LogP contribution in [-0.4, -0.2) is 38.7 Å². The molecule has 8 heteroatoms. The number of nitrogens with zero attached hydrogens (tertiary/aromatic N) is 4. The van der Waals surface area contributed by atoms with Crippen LogP contribution in [-0.2, 0) is 0 Å². The summed E-state index contributed by atoms with van der Waals surface area (Å²) in [5, 5.41) is 12.3. The smallest absolute Gasteiger partial charge is 0.261 e. The zero-order valence-corrected chi connectivity index (χ0v) is 14.3. The minimum Gasteiger partial charge on any atom is -0.367 e. The van der Waals surface area contributed by atoms with Crippen LogP contribution in [0.1, 0.15) is 21.1 Å². The third kappa shape index (κ3) is 3.77. The first-order valence-electron chi connectivity index (χ1n) is 7.55. The Morgan fingerprint density at radius 3 is 2.88 bits per heavy atom. The molecule has 24 heavy (non-hydrogen) atoms. The van der Waals surface area contributed by atoms with E-state index >= 15 is 0 Å². The summed E-state index contributed by atoms with van der Waals surface area (Å²) in [5.74, 6) is 1.24. The first-order chi connectivity index (χ1) is 11.6. The number of aryl methyl sites for hydroxylation is 2. The summed E-state index contributed by atoms with van der Waals surface area (Å²) in [4.78, 5) is 21.2. The van der Waals surface area contributed by atoms with Gasteiger partial charge in [0.2, 0.25) is 0 Å². The second kappa shape index (κ2) is 7.22. The predicted molar refractivity (Wildman–Crippen MR) is 93.8 cm³/mol. The van der Waals surface area contributed by atoms with Gasteiger partial charge in [-0.1, -0.05) is 6.07 Å². The standard InChI is InChI=1S/C16H18N6OS/c1-11-8-12(2)22(21-11)15-10-17-9-14(20-15)18-5-6-19-16(23)13-4-3-7-24-13/h3-4,7-10H,5-6H2,1-2H3,(H,18,20)(H,19,23). The lowest BCUT2D eigenvalue weighted by atomic mass is 10.4. The van der Waals surface area contributed by atoms with Crippen LogP contribution in [0.5, 0.6) is 0 Å². The normalized spacial score (nSPS) is 10.6. The van der Waals surface area contributed by atoms with E-state index in [2.05, 4.69) is 25.7 Å². The Bertz CT molecular complexity index is 827. The Morgan fingerprint density at radius 1 is 1.29 bits per heavy atom. The van der Waals surface area contributed by atoms with Crippen LogP contribution in [0.2, 0.25) is 0 Å². The maximum absolute atomic E-state index is 11.8. The third-order valence-corrected chi connectivity index (χ3v) is 4.18. The van der Waals surface area contributed by atoms with E-state index in [1.54, 1.807) is 23.1 Å². The highest BCUT2D eigenvalue weighted by Gasteiger charge is 2.07. The van der Waals surface area contributed by atoms with E-state index in [-0.39, 0.29) is 5.91 Å². The van der Waals surface area contributed by atoms with Crippen molar-refractivity contribution in [2.45, 2.75) is 13.8 Å². The fourth-order valence-electron chi connectivity index (χ4n) is 2.27. The Balaban J connectivity index is 1.55. The van der Waals surface area contributed by atoms with E-state index in [1.165, 1.54) is 11.3 Å². The number of amides is 1. The molecule has 0 fully saturated rings. The molecule has 0 aromatic carbocycles. The summed E-state index contributed by atoms with van der Waals surface area (Å²) in [7, 11) is 0. The fraction of sp³-hybridized carbons (Fsp3) is 0.250. The Hall–Kier alpha value is -2.74. The number of nitrogens with one attached hydrogen (secondary N) is 2. The minimum atomic E-state index is -0.0609. The molecule has 0 saturated heterocycles. The van der Waals surface area contributed by atoms with Gasteiger partial charge in [0.1, 0.15) is 5.82 Å². The van der Waals surface area contributed by atoms with E-state index in [0.717, 1.165) is 11.4 Å². The van der Waals surface area contributed by atoms with Gasteiger partial charge in [0.25, 0.3) is 5.91 Å². The first kappa shape index (κ1) is 16.1. The predicted octanol–water partition coefficient (Wildman–Crippen LogP) is 2.18. The van der Waals surface area contributed by atoms with E-state index in [9.17, 15) is 4.79 Å². The number of aromatic nitrogens is 4. The lowest BCUT2D eigenvalue weighted by Gasteiger charge is -2.08. The largest absolute Gasteiger partial charge is 0.367 e.